The van der Waals surface area contributed by atoms with Crippen molar-refractivity contribution in [2.24, 2.45) is 11.8 Å². The fourth-order valence-corrected chi connectivity index (χ4v) is 3.45. The number of hydrogen-bond acceptors (Lipinski definition) is 3. The van der Waals surface area contributed by atoms with Gasteiger partial charge in [0.25, 0.3) is 0 Å². The van der Waals surface area contributed by atoms with Crippen LogP contribution in [-0.4, -0.2) is 49.6 Å². The maximum atomic E-state index is 12.6. The number of rotatable bonds is 15. The van der Waals surface area contributed by atoms with E-state index in [9.17, 15) is 9.59 Å². The van der Waals surface area contributed by atoms with Crippen LogP contribution in [0.15, 0.2) is 0 Å². The number of nitrogens with zero attached hydrogens (tertiary/aromatic N) is 1. The molecule has 5 heteroatoms. The SMILES string of the molecule is CCCCCCCNC(=O)CC(OC)C(C(C)CC)N(C)C(=O)CC(C)C. The van der Waals surface area contributed by atoms with Gasteiger partial charge < -0.3 is 15.0 Å². The van der Waals surface area contributed by atoms with Gasteiger partial charge >= 0.3 is 0 Å². The largest absolute Gasteiger partial charge is 0.379 e. The van der Waals surface area contributed by atoms with Gasteiger partial charge in [-0.05, 0) is 18.3 Å². The summed E-state index contributed by atoms with van der Waals surface area (Å²) in [5.41, 5.74) is 0. The lowest BCUT2D eigenvalue weighted by atomic mass is 9.90. The lowest BCUT2D eigenvalue weighted by Gasteiger charge is -2.38. The second-order valence-corrected chi connectivity index (χ2v) is 8.22. The van der Waals surface area contributed by atoms with Gasteiger partial charge in [-0.15, -0.1) is 0 Å². The Morgan fingerprint density at radius 2 is 1.63 bits per heavy atom. The zero-order chi connectivity index (χ0) is 20.8. The van der Waals surface area contributed by atoms with Crippen LogP contribution in [0.2, 0.25) is 0 Å². The molecule has 0 spiro atoms. The molecule has 3 atom stereocenters. The van der Waals surface area contributed by atoms with E-state index in [4.69, 9.17) is 4.74 Å². The summed E-state index contributed by atoms with van der Waals surface area (Å²) in [5.74, 6) is 0.705. The van der Waals surface area contributed by atoms with E-state index in [0.29, 0.717) is 18.8 Å². The van der Waals surface area contributed by atoms with Gasteiger partial charge in [0.1, 0.15) is 0 Å². The Labute approximate surface area is 167 Å². The Bertz CT molecular complexity index is 412. The molecule has 0 fully saturated rings. The molecule has 0 saturated carbocycles. The highest BCUT2D eigenvalue weighted by Crippen LogP contribution is 2.22. The molecule has 0 aliphatic heterocycles. The number of ether oxygens (including phenoxy) is 1. The third kappa shape index (κ3) is 10.7. The molecule has 0 aliphatic carbocycles. The highest BCUT2D eigenvalue weighted by Gasteiger charge is 2.33. The van der Waals surface area contributed by atoms with Crippen LogP contribution in [0.3, 0.4) is 0 Å². The third-order valence-electron chi connectivity index (χ3n) is 5.32. The van der Waals surface area contributed by atoms with Gasteiger partial charge in [-0.2, -0.15) is 0 Å². The molecule has 0 bridgehead atoms. The first-order chi connectivity index (χ1) is 12.8. The molecule has 0 rings (SSSR count). The Hall–Kier alpha value is -1.10. The van der Waals surface area contributed by atoms with Crippen molar-refractivity contribution < 1.29 is 14.3 Å². The molecular formula is C22H44N2O3. The van der Waals surface area contributed by atoms with Gasteiger partial charge in [-0.1, -0.05) is 66.7 Å². The van der Waals surface area contributed by atoms with Crippen molar-refractivity contribution in [1.29, 1.82) is 0 Å². The summed E-state index contributed by atoms with van der Waals surface area (Å²) in [5, 5.41) is 3.01. The fourth-order valence-electron chi connectivity index (χ4n) is 3.45. The Kier molecular flexibility index (Phi) is 14.3. The van der Waals surface area contributed by atoms with E-state index in [0.717, 1.165) is 25.8 Å². The minimum absolute atomic E-state index is 0.00959. The maximum absolute atomic E-state index is 12.6. The summed E-state index contributed by atoms with van der Waals surface area (Å²) in [4.78, 5) is 26.8. The van der Waals surface area contributed by atoms with E-state index in [2.05, 4.69) is 26.1 Å². The van der Waals surface area contributed by atoms with Crippen molar-refractivity contribution >= 4 is 11.8 Å². The van der Waals surface area contributed by atoms with Gasteiger partial charge in [0.2, 0.25) is 11.8 Å². The molecule has 0 aliphatic rings. The van der Waals surface area contributed by atoms with Crippen LogP contribution in [0.5, 0.6) is 0 Å². The first-order valence-electron chi connectivity index (χ1n) is 10.8. The summed E-state index contributed by atoms with van der Waals surface area (Å²) in [7, 11) is 3.48. The monoisotopic (exact) mass is 384 g/mol. The number of nitrogens with one attached hydrogen (secondary N) is 1. The summed E-state index contributed by atoms with van der Waals surface area (Å²) in [6.45, 7) is 11.2. The molecule has 0 heterocycles. The minimum atomic E-state index is -0.291. The summed E-state index contributed by atoms with van der Waals surface area (Å²) >= 11 is 0. The lowest BCUT2D eigenvalue weighted by Crippen LogP contribution is -2.50. The second kappa shape index (κ2) is 14.9. The van der Waals surface area contributed by atoms with E-state index in [1.165, 1.54) is 19.3 Å². The molecule has 5 nitrogen and oxygen atoms in total. The summed E-state index contributed by atoms with van der Waals surface area (Å²) in [6.07, 6.45) is 7.34. The predicted octanol–water partition coefficient (Wildman–Crippen LogP) is 4.40. The standard InChI is InChI=1S/C22H44N2O3/c1-8-10-11-12-13-14-23-20(25)16-19(27-7)22(18(5)9-2)24(6)21(26)15-17(3)4/h17-19,22H,8-16H2,1-7H3,(H,23,25). The van der Waals surface area contributed by atoms with Crippen molar-refractivity contribution in [3.63, 3.8) is 0 Å². The van der Waals surface area contributed by atoms with Gasteiger partial charge in [0.15, 0.2) is 0 Å². The van der Waals surface area contributed by atoms with Crippen LogP contribution >= 0.6 is 0 Å². The molecule has 0 aromatic heterocycles. The van der Waals surface area contributed by atoms with E-state index in [-0.39, 0.29) is 29.9 Å². The molecule has 160 valence electrons. The van der Waals surface area contributed by atoms with Crippen molar-refractivity contribution in [2.75, 3.05) is 20.7 Å². The van der Waals surface area contributed by atoms with Gasteiger partial charge in [0.05, 0.1) is 18.6 Å². The van der Waals surface area contributed by atoms with Crippen molar-refractivity contribution in [3.8, 4) is 0 Å². The molecule has 3 unspecified atom stereocenters. The van der Waals surface area contributed by atoms with Gasteiger partial charge in [0, 0.05) is 27.1 Å². The first kappa shape index (κ1) is 25.9. The number of amides is 2. The molecule has 2 amide bonds. The maximum Gasteiger partial charge on any atom is 0.222 e. The van der Waals surface area contributed by atoms with Gasteiger partial charge in [-0.3, -0.25) is 9.59 Å². The van der Waals surface area contributed by atoms with Crippen LogP contribution in [0.25, 0.3) is 0 Å². The van der Waals surface area contributed by atoms with Crippen molar-refractivity contribution in [3.05, 3.63) is 0 Å². The molecule has 0 aromatic rings. The topological polar surface area (TPSA) is 58.6 Å². The lowest BCUT2D eigenvalue weighted by molar-refractivity contribution is -0.139. The highest BCUT2D eigenvalue weighted by molar-refractivity contribution is 5.78. The highest BCUT2D eigenvalue weighted by atomic mass is 16.5. The smallest absolute Gasteiger partial charge is 0.222 e. The number of hydrogen-bond donors (Lipinski definition) is 1. The second-order valence-electron chi connectivity index (χ2n) is 8.22. The number of likely N-dealkylation sites (N-methyl/N-ethyl adjacent to an activating group) is 1. The van der Waals surface area contributed by atoms with E-state index < -0.39 is 0 Å². The summed E-state index contributed by atoms with van der Waals surface area (Å²) in [6, 6.07) is -0.0958. The minimum Gasteiger partial charge on any atom is -0.379 e. The fraction of sp³-hybridized carbons (Fsp3) is 0.909. The van der Waals surface area contributed by atoms with Crippen LogP contribution in [-0.2, 0) is 14.3 Å². The summed E-state index contributed by atoms with van der Waals surface area (Å²) < 4.78 is 5.69. The van der Waals surface area contributed by atoms with Gasteiger partial charge in [-0.25, -0.2) is 0 Å². The van der Waals surface area contributed by atoms with E-state index >= 15 is 0 Å². The number of methoxy groups -OCH3 is 1. The van der Waals surface area contributed by atoms with Crippen LogP contribution in [0.4, 0.5) is 0 Å². The Balaban J connectivity index is 4.77. The molecule has 0 saturated heterocycles. The van der Waals surface area contributed by atoms with Crippen LogP contribution < -0.4 is 5.32 Å². The quantitative estimate of drug-likeness (QED) is 0.426. The van der Waals surface area contributed by atoms with E-state index in [1.54, 1.807) is 12.0 Å². The molecule has 0 radical (unpaired) electrons. The van der Waals surface area contributed by atoms with E-state index in [1.807, 2.05) is 20.9 Å². The molecular weight excluding hydrogens is 340 g/mol. The zero-order valence-electron chi connectivity index (χ0n) is 18.8. The number of carbonyl (C=O) groups excluding carboxylic acids is 2. The number of unbranched alkanes of at least 4 members (excludes halogenated alkanes) is 4. The average Bonchev–Trinajstić information content (AvgIpc) is 2.62. The molecule has 0 aromatic carbocycles. The Morgan fingerprint density at radius 1 is 1.00 bits per heavy atom. The molecule has 1 N–H and O–H groups in total. The zero-order valence-corrected chi connectivity index (χ0v) is 18.8. The molecule has 27 heavy (non-hydrogen) atoms. The Morgan fingerprint density at radius 3 is 2.15 bits per heavy atom. The normalized spacial score (nSPS) is 14.7. The number of carbonyl (C=O) groups is 2. The third-order valence-corrected chi connectivity index (χ3v) is 5.32. The van der Waals surface area contributed by atoms with Crippen LogP contribution in [0, 0.1) is 11.8 Å². The van der Waals surface area contributed by atoms with Crippen molar-refractivity contribution in [1.82, 2.24) is 10.2 Å². The first-order valence-corrected chi connectivity index (χ1v) is 10.8. The van der Waals surface area contributed by atoms with Crippen molar-refractivity contribution in [2.45, 2.75) is 98.1 Å². The average molecular weight is 385 g/mol. The predicted molar refractivity (Wildman–Crippen MR) is 113 cm³/mol. The van der Waals surface area contributed by atoms with Crippen LogP contribution in [0.1, 0.15) is 86.0 Å².